The van der Waals surface area contributed by atoms with Gasteiger partial charge in [0.2, 0.25) is 17.6 Å². The number of hydrogen-bond acceptors (Lipinski definition) is 6. The molecule has 0 N–H and O–H groups in total. The Morgan fingerprint density at radius 2 is 1.94 bits per heavy atom. The number of nitrogens with zero attached hydrogens (tertiary/aromatic N) is 4. The largest absolute Gasteiger partial charge is 0.383 e. The molecule has 1 fully saturated rings. The number of halogens is 2. The van der Waals surface area contributed by atoms with E-state index in [9.17, 15) is 9.59 Å². The molecule has 2 heterocycles. The van der Waals surface area contributed by atoms with E-state index in [1.807, 2.05) is 12.1 Å². The summed E-state index contributed by atoms with van der Waals surface area (Å²) in [6.45, 7) is 1.03. The van der Waals surface area contributed by atoms with Gasteiger partial charge in [0, 0.05) is 41.4 Å². The molecule has 1 atom stereocenters. The van der Waals surface area contributed by atoms with Gasteiger partial charge in [-0.3, -0.25) is 9.59 Å². The Balaban J connectivity index is 1.52. The van der Waals surface area contributed by atoms with Gasteiger partial charge in [0.25, 0.3) is 5.91 Å². The van der Waals surface area contributed by atoms with E-state index in [4.69, 9.17) is 32.5 Å². The summed E-state index contributed by atoms with van der Waals surface area (Å²) in [5, 5.41) is 5.18. The van der Waals surface area contributed by atoms with Crippen LogP contribution >= 0.6 is 23.2 Å². The summed E-state index contributed by atoms with van der Waals surface area (Å²) >= 11 is 12.0. The van der Waals surface area contributed by atoms with Crippen molar-refractivity contribution in [2.24, 2.45) is 0 Å². The molecule has 2 amide bonds. The highest BCUT2D eigenvalue weighted by Crippen LogP contribution is 2.31. The SMILES string of the molecule is COCCN(CC(=O)N1CCCCC1c1nc(-c2ccc(Cl)cc2)no1)C(=O)c1cccc(Cl)c1. The van der Waals surface area contributed by atoms with Crippen LogP contribution in [0.25, 0.3) is 11.4 Å². The van der Waals surface area contributed by atoms with E-state index < -0.39 is 0 Å². The molecule has 0 radical (unpaired) electrons. The van der Waals surface area contributed by atoms with Gasteiger partial charge in [-0.2, -0.15) is 4.98 Å². The van der Waals surface area contributed by atoms with Crippen molar-refractivity contribution in [3.05, 3.63) is 70.0 Å². The van der Waals surface area contributed by atoms with Crippen molar-refractivity contribution in [2.75, 3.05) is 33.4 Å². The monoisotopic (exact) mass is 516 g/mol. The zero-order valence-electron chi connectivity index (χ0n) is 19.3. The van der Waals surface area contributed by atoms with Crippen LogP contribution in [0.2, 0.25) is 10.0 Å². The van der Waals surface area contributed by atoms with Gasteiger partial charge in [-0.1, -0.05) is 34.4 Å². The standard InChI is InChI=1S/C25H26Cl2N4O4/c1-34-14-13-30(25(33)18-5-4-6-20(27)15-18)16-22(32)31-12-3-2-7-21(31)24-28-23(29-35-24)17-8-10-19(26)11-9-17/h4-6,8-11,15,21H,2-3,7,12-14,16H2,1H3. The fourth-order valence-corrected chi connectivity index (χ4v) is 4.40. The van der Waals surface area contributed by atoms with Crippen molar-refractivity contribution in [3.8, 4) is 11.4 Å². The van der Waals surface area contributed by atoms with Gasteiger partial charge < -0.3 is 19.1 Å². The summed E-state index contributed by atoms with van der Waals surface area (Å²) in [5.41, 5.74) is 1.19. The normalized spacial score (nSPS) is 15.7. The molecule has 10 heteroatoms. The number of ether oxygens (including phenoxy) is 1. The van der Waals surface area contributed by atoms with Crippen molar-refractivity contribution < 1.29 is 18.8 Å². The molecular formula is C25H26Cl2N4O4. The number of aromatic nitrogens is 2. The van der Waals surface area contributed by atoms with Gasteiger partial charge in [-0.25, -0.2) is 0 Å². The molecule has 1 unspecified atom stereocenters. The third kappa shape index (κ3) is 6.20. The zero-order chi connectivity index (χ0) is 24.8. The lowest BCUT2D eigenvalue weighted by atomic mass is 10.0. The first-order valence-corrected chi connectivity index (χ1v) is 12.1. The molecular weight excluding hydrogens is 491 g/mol. The van der Waals surface area contributed by atoms with Gasteiger partial charge >= 0.3 is 0 Å². The van der Waals surface area contributed by atoms with Gasteiger partial charge in [0.15, 0.2) is 0 Å². The summed E-state index contributed by atoms with van der Waals surface area (Å²) in [5.74, 6) is 0.349. The van der Waals surface area contributed by atoms with Crippen LogP contribution in [0.1, 0.15) is 41.6 Å². The molecule has 0 bridgehead atoms. The molecule has 1 aliphatic rings. The Labute approximate surface area is 213 Å². The Morgan fingerprint density at radius 1 is 1.14 bits per heavy atom. The maximum atomic E-state index is 13.4. The second-order valence-electron chi connectivity index (χ2n) is 8.29. The van der Waals surface area contributed by atoms with Crippen LogP contribution in [-0.2, 0) is 9.53 Å². The maximum absolute atomic E-state index is 13.4. The number of benzene rings is 2. The Hall–Kier alpha value is -2.94. The summed E-state index contributed by atoms with van der Waals surface area (Å²) in [4.78, 5) is 34.4. The van der Waals surface area contributed by atoms with Gasteiger partial charge in [0.05, 0.1) is 6.61 Å². The summed E-state index contributed by atoms with van der Waals surface area (Å²) in [7, 11) is 1.55. The van der Waals surface area contributed by atoms with Crippen molar-refractivity contribution in [1.82, 2.24) is 19.9 Å². The van der Waals surface area contributed by atoms with Crippen LogP contribution < -0.4 is 0 Å². The van der Waals surface area contributed by atoms with Gasteiger partial charge in [-0.15, -0.1) is 0 Å². The predicted molar refractivity (Wildman–Crippen MR) is 132 cm³/mol. The average Bonchev–Trinajstić information content (AvgIpc) is 3.36. The highest BCUT2D eigenvalue weighted by Gasteiger charge is 2.33. The smallest absolute Gasteiger partial charge is 0.254 e. The number of piperidine rings is 1. The van der Waals surface area contributed by atoms with E-state index in [1.54, 1.807) is 48.4 Å². The highest BCUT2D eigenvalue weighted by atomic mass is 35.5. The molecule has 0 saturated carbocycles. The van der Waals surface area contributed by atoms with Crippen LogP contribution in [0.4, 0.5) is 0 Å². The Morgan fingerprint density at radius 3 is 2.69 bits per heavy atom. The van der Waals surface area contributed by atoms with E-state index in [0.29, 0.717) is 46.9 Å². The second-order valence-corrected chi connectivity index (χ2v) is 9.16. The number of carbonyl (C=O) groups is 2. The molecule has 3 aromatic rings. The maximum Gasteiger partial charge on any atom is 0.254 e. The fourth-order valence-electron chi connectivity index (χ4n) is 4.09. The Kier molecular flexibility index (Phi) is 8.38. The number of rotatable bonds is 8. The van der Waals surface area contributed by atoms with Crippen molar-refractivity contribution >= 4 is 35.0 Å². The van der Waals surface area contributed by atoms with Crippen molar-refractivity contribution in [1.29, 1.82) is 0 Å². The molecule has 1 aliphatic heterocycles. The van der Waals surface area contributed by atoms with Crippen LogP contribution in [0, 0.1) is 0 Å². The second kappa shape index (κ2) is 11.7. The first kappa shape index (κ1) is 25.2. The van der Waals surface area contributed by atoms with Crippen LogP contribution in [0.3, 0.4) is 0 Å². The zero-order valence-corrected chi connectivity index (χ0v) is 20.8. The quantitative estimate of drug-likeness (QED) is 0.423. The van der Waals surface area contributed by atoms with Crippen LogP contribution in [0.15, 0.2) is 53.1 Å². The molecule has 0 spiro atoms. The van der Waals surface area contributed by atoms with E-state index in [2.05, 4.69) is 10.1 Å². The van der Waals surface area contributed by atoms with E-state index in [-0.39, 0.29) is 30.9 Å². The molecule has 4 rings (SSSR count). The summed E-state index contributed by atoms with van der Waals surface area (Å²) < 4.78 is 10.7. The number of likely N-dealkylation sites (tertiary alicyclic amines) is 1. The van der Waals surface area contributed by atoms with Crippen LogP contribution in [-0.4, -0.2) is 65.1 Å². The van der Waals surface area contributed by atoms with Crippen molar-refractivity contribution in [3.63, 3.8) is 0 Å². The minimum Gasteiger partial charge on any atom is -0.383 e. The lowest BCUT2D eigenvalue weighted by Gasteiger charge is -2.35. The minimum atomic E-state index is -0.352. The lowest BCUT2D eigenvalue weighted by molar-refractivity contribution is -0.136. The fraction of sp³-hybridized carbons (Fsp3) is 0.360. The molecule has 1 saturated heterocycles. The molecule has 35 heavy (non-hydrogen) atoms. The predicted octanol–water partition coefficient (Wildman–Crippen LogP) is 4.89. The molecule has 0 aliphatic carbocycles. The van der Waals surface area contributed by atoms with Crippen molar-refractivity contribution in [2.45, 2.75) is 25.3 Å². The minimum absolute atomic E-state index is 0.0939. The Bertz CT molecular complexity index is 1170. The lowest BCUT2D eigenvalue weighted by Crippen LogP contribution is -2.46. The topological polar surface area (TPSA) is 88.8 Å². The number of hydrogen-bond donors (Lipinski definition) is 0. The average molecular weight is 517 g/mol. The molecule has 8 nitrogen and oxygen atoms in total. The first-order chi connectivity index (χ1) is 17.0. The van der Waals surface area contributed by atoms with E-state index >= 15 is 0 Å². The molecule has 2 aromatic carbocycles. The molecule has 1 aromatic heterocycles. The van der Waals surface area contributed by atoms with Crippen LogP contribution in [0.5, 0.6) is 0 Å². The third-order valence-electron chi connectivity index (χ3n) is 5.90. The molecule has 184 valence electrons. The first-order valence-electron chi connectivity index (χ1n) is 11.4. The third-order valence-corrected chi connectivity index (χ3v) is 6.39. The van der Waals surface area contributed by atoms with E-state index in [0.717, 1.165) is 18.4 Å². The van der Waals surface area contributed by atoms with Gasteiger partial charge in [0.1, 0.15) is 12.6 Å². The number of amides is 2. The summed E-state index contributed by atoms with van der Waals surface area (Å²) in [6.07, 6.45) is 2.50. The van der Waals surface area contributed by atoms with E-state index in [1.165, 1.54) is 4.90 Å². The number of carbonyl (C=O) groups excluding carboxylic acids is 2. The highest BCUT2D eigenvalue weighted by molar-refractivity contribution is 6.31. The van der Waals surface area contributed by atoms with Gasteiger partial charge in [-0.05, 0) is 61.7 Å². The summed E-state index contributed by atoms with van der Waals surface area (Å²) in [6, 6.07) is 13.5. The number of methoxy groups -OCH3 is 1.